The second kappa shape index (κ2) is 8.69. The number of rotatable bonds is 9. The highest BCUT2D eigenvalue weighted by molar-refractivity contribution is 5.62. The number of alkyl halides is 5. The molecule has 168 valence electrons. The number of halogens is 5. The van der Waals surface area contributed by atoms with E-state index in [2.05, 4.69) is 31.6 Å². The Balaban J connectivity index is 1.87. The number of hydrogen-bond donors (Lipinski definition) is 0. The average molecular weight is 445 g/mol. The minimum absolute atomic E-state index is 0.0794. The molecule has 7 nitrogen and oxygen atoms in total. The number of nitrogens with zero attached hydrogens (tertiary/aromatic N) is 5. The Morgan fingerprint density at radius 2 is 2.00 bits per heavy atom. The van der Waals surface area contributed by atoms with Gasteiger partial charge in [-0.25, -0.2) is 4.99 Å². The Bertz CT molecular complexity index is 1010. The van der Waals surface area contributed by atoms with Crippen LogP contribution in [0.4, 0.5) is 22.0 Å². The van der Waals surface area contributed by atoms with E-state index in [0.29, 0.717) is 18.4 Å². The summed E-state index contributed by atoms with van der Waals surface area (Å²) in [6.45, 7) is 6.02. The zero-order valence-corrected chi connectivity index (χ0v) is 16.7. The Hall–Kier alpha value is -2.89. The van der Waals surface area contributed by atoms with Crippen LogP contribution in [-0.2, 0) is 15.6 Å². The number of fused-ring (bicyclic) bond motifs is 1. The maximum atomic E-state index is 14.1. The fraction of sp³-hybridized carbons (Fsp3) is 0.474. The largest absolute Gasteiger partial charge is 0.464 e. The molecule has 1 fully saturated rings. The molecule has 12 heteroatoms. The molecule has 1 atom stereocenters. The van der Waals surface area contributed by atoms with Crippen molar-refractivity contribution in [2.45, 2.75) is 45.1 Å². The van der Waals surface area contributed by atoms with Crippen LogP contribution in [0.3, 0.4) is 0 Å². The van der Waals surface area contributed by atoms with Crippen molar-refractivity contribution in [3.63, 3.8) is 0 Å². The third-order valence-electron chi connectivity index (χ3n) is 4.53. The van der Waals surface area contributed by atoms with Crippen LogP contribution in [-0.4, -0.2) is 45.2 Å². The van der Waals surface area contributed by atoms with Gasteiger partial charge in [0.2, 0.25) is 11.7 Å². The van der Waals surface area contributed by atoms with Crippen LogP contribution in [0.1, 0.15) is 38.2 Å². The predicted molar refractivity (Wildman–Crippen MR) is 101 cm³/mol. The summed E-state index contributed by atoms with van der Waals surface area (Å²) in [4.78, 5) is 7.63. The second-order valence-corrected chi connectivity index (χ2v) is 6.90. The van der Waals surface area contributed by atoms with Crippen molar-refractivity contribution < 1.29 is 31.4 Å². The molecule has 2 aromatic heterocycles. The van der Waals surface area contributed by atoms with E-state index in [4.69, 9.17) is 4.74 Å². The van der Waals surface area contributed by atoms with Gasteiger partial charge in [-0.2, -0.15) is 22.0 Å². The Kier molecular flexibility index (Phi) is 6.39. The maximum absolute atomic E-state index is 14.1. The van der Waals surface area contributed by atoms with E-state index in [1.165, 1.54) is 31.5 Å². The molecule has 0 aromatic carbocycles. The van der Waals surface area contributed by atoms with Crippen molar-refractivity contribution >= 4 is 17.9 Å². The monoisotopic (exact) mass is 445 g/mol. The van der Waals surface area contributed by atoms with Gasteiger partial charge in [0.15, 0.2) is 11.8 Å². The molecule has 0 amide bonds. The second-order valence-electron chi connectivity index (χ2n) is 6.90. The first-order valence-electron chi connectivity index (χ1n) is 9.39. The summed E-state index contributed by atoms with van der Waals surface area (Å²) in [6.07, 6.45) is -4.12. The predicted octanol–water partition coefficient (Wildman–Crippen LogP) is 4.51. The first-order chi connectivity index (χ1) is 14.6. The van der Waals surface area contributed by atoms with Crippen molar-refractivity contribution in [3.8, 4) is 0 Å². The van der Waals surface area contributed by atoms with E-state index in [1.54, 1.807) is 6.92 Å². The highest BCUT2D eigenvalue weighted by Crippen LogP contribution is 2.43. The van der Waals surface area contributed by atoms with Gasteiger partial charge in [-0.05, 0) is 39.0 Å². The minimum atomic E-state index is -4.52. The van der Waals surface area contributed by atoms with Crippen LogP contribution in [0.2, 0.25) is 0 Å². The van der Waals surface area contributed by atoms with Gasteiger partial charge in [0.05, 0.1) is 18.5 Å². The van der Waals surface area contributed by atoms with Gasteiger partial charge in [0, 0.05) is 18.2 Å². The van der Waals surface area contributed by atoms with Crippen molar-refractivity contribution in [3.05, 3.63) is 41.9 Å². The molecule has 1 aliphatic carbocycles. The lowest BCUT2D eigenvalue weighted by Gasteiger charge is -2.21. The van der Waals surface area contributed by atoms with E-state index >= 15 is 0 Å². The molecule has 0 radical (unpaired) electrons. The summed E-state index contributed by atoms with van der Waals surface area (Å²) in [7, 11) is 0. The number of aliphatic imine (C=N–C) groups is 1. The van der Waals surface area contributed by atoms with Crippen LogP contribution >= 0.6 is 0 Å². The Labute approximate surface area is 174 Å². The lowest BCUT2D eigenvalue weighted by atomic mass is 10.2. The lowest BCUT2D eigenvalue weighted by molar-refractivity contribution is -0.251. The molecule has 0 saturated heterocycles. The van der Waals surface area contributed by atoms with Crippen molar-refractivity contribution in [1.29, 1.82) is 0 Å². The van der Waals surface area contributed by atoms with Crippen molar-refractivity contribution in [2.24, 2.45) is 10.9 Å². The molecule has 0 unspecified atom stereocenters. The van der Waals surface area contributed by atoms with E-state index in [1.807, 2.05) is 0 Å². The van der Waals surface area contributed by atoms with Gasteiger partial charge >= 0.3 is 12.3 Å². The quantitative estimate of drug-likeness (QED) is 0.246. The fourth-order valence-electron chi connectivity index (χ4n) is 2.82. The molecule has 0 aliphatic heterocycles. The number of allylic oxidation sites excluding steroid dienone is 3. The van der Waals surface area contributed by atoms with Crippen LogP contribution in [0, 0.1) is 5.92 Å². The van der Waals surface area contributed by atoms with Gasteiger partial charge in [0.25, 0.3) is 0 Å². The van der Waals surface area contributed by atoms with Crippen molar-refractivity contribution in [1.82, 2.24) is 19.6 Å². The molecule has 0 N–H and O–H groups in total. The fourth-order valence-corrected chi connectivity index (χ4v) is 2.82. The zero-order valence-electron chi connectivity index (χ0n) is 16.7. The number of aromatic nitrogens is 4. The smallest absolute Gasteiger partial charge is 0.425 e. The van der Waals surface area contributed by atoms with E-state index in [-0.39, 0.29) is 23.8 Å². The van der Waals surface area contributed by atoms with E-state index in [9.17, 15) is 22.0 Å². The summed E-state index contributed by atoms with van der Waals surface area (Å²) in [6, 6.07) is 0. The normalized spacial score (nSPS) is 17.1. The molecule has 1 saturated carbocycles. The van der Waals surface area contributed by atoms with Gasteiger partial charge in [0.1, 0.15) is 0 Å². The third kappa shape index (κ3) is 5.24. The summed E-state index contributed by atoms with van der Waals surface area (Å²) < 4.78 is 78.2. The molecule has 3 rings (SSSR count). The molecule has 0 spiro atoms. The van der Waals surface area contributed by atoms with Crippen LogP contribution < -0.4 is 0 Å². The van der Waals surface area contributed by atoms with Crippen LogP contribution in [0.25, 0.3) is 11.2 Å². The lowest BCUT2D eigenvalue weighted by Crippen LogP contribution is -2.33. The van der Waals surface area contributed by atoms with E-state index in [0.717, 1.165) is 4.40 Å². The number of ether oxygens (including phenoxy) is 2. The molecule has 31 heavy (non-hydrogen) atoms. The van der Waals surface area contributed by atoms with Crippen LogP contribution in [0.5, 0.6) is 0 Å². The Morgan fingerprint density at radius 1 is 1.29 bits per heavy atom. The van der Waals surface area contributed by atoms with Gasteiger partial charge in [-0.1, -0.05) is 6.08 Å². The summed E-state index contributed by atoms with van der Waals surface area (Å²) in [5, 5.41) is 7.11. The maximum Gasteiger partial charge on any atom is 0.425 e. The Morgan fingerprint density at radius 3 is 2.58 bits per heavy atom. The van der Waals surface area contributed by atoms with E-state index < -0.39 is 30.1 Å². The topological polar surface area (TPSA) is 73.9 Å². The highest BCUT2D eigenvalue weighted by atomic mass is 19.4. The van der Waals surface area contributed by atoms with Gasteiger partial charge < -0.3 is 9.47 Å². The molecule has 2 heterocycles. The summed E-state index contributed by atoms with van der Waals surface area (Å²) in [5.74, 6) is -1.62. The third-order valence-corrected chi connectivity index (χ3v) is 4.53. The standard InChI is InChI=1S/C19H20F5N5O2/c1-4-30-19(23,24)17-28-27-14-9-26-13(10-29(14)17)11(2)5-8-15(25-3)31-16(12-6-7-12)18(20,21)22/h5,8-10,12,16H,3-4,6-7H2,1-2H3/b11-5+,15-8+/t16-/m1/s1. The molecule has 0 bridgehead atoms. The van der Waals surface area contributed by atoms with Gasteiger partial charge in [-0.3, -0.25) is 9.38 Å². The first kappa shape index (κ1) is 22.8. The summed E-state index contributed by atoms with van der Waals surface area (Å²) in [5.41, 5.74) is 0.784. The molecular formula is C19H20F5N5O2. The molecule has 1 aliphatic rings. The molecule has 2 aromatic rings. The van der Waals surface area contributed by atoms with Crippen molar-refractivity contribution in [2.75, 3.05) is 6.61 Å². The first-order valence-corrected chi connectivity index (χ1v) is 9.39. The molecular weight excluding hydrogens is 425 g/mol. The number of hydrogen-bond acceptors (Lipinski definition) is 6. The summed E-state index contributed by atoms with van der Waals surface area (Å²) >= 11 is 0. The average Bonchev–Trinajstić information content (AvgIpc) is 3.43. The van der Waals surface area contributed by atoms with Gasteiger partial charge in [-0.15, -0.1) is 10.2 Å². The minimum Gasteiger partial charge on any atom is -0.464 e. The SMILES string of the molecule is C=N/C(=C\C=C(/C)c1cn2c(C(F)(F)OCC)nnc2cn1)O[C@H](C1CC1)C(F)(F)F. The highest BCUT2D eigenvalue weighted by Gasteiger charge is 2.51. The zero-order chi connectivity index (χ0) is 22.8. The van der Waals surface area contributed by atoms with Crippen LogP contribution in [0.15, 0.2) is 35.4 Å².